The summed E-state index contributed by atoms with van der Waals surface area (Å²) < 4.78 is 46.4. The molecule has 0 bridgehead atoms. The summed E-state index contributed by atoms with van der Waals surface area (Å²) in [7, 11) is 1.33. The summed E-state index contributed by atoms with van der Waals surface area (Å²) in [5.41, 5.74) is -2.95. The summed E-state index contributed by atoms with van der Waals surface area (Å²) in [5, 5.41) is 14.8. The monoisotopic (exact) mass is 402 g/mol. The Hall–Kier alpha value is -2.82. The first-order chi connectivity index (χ1) is 13.0. The van der Waals surface area contributed by atoms with Crippen molar-refractivity contribution in [2.45, 2.75) is 32.0 Å². The van der Waals surface area contributed by atoms with Crippen LogP contribution in [-0.4, -0.2) is 45.7 Å². The molecule has 0 spiro atoms. The fraction of sp³-hybridized carbons (Fsp3) is 0.471. The van der Waals surface area contributed by atoms with E-state index < -0.39 is 48.9 Å². The zero-order valence-corrected chi connectivity index (χ0v) is 15.6. The molecule has 2 rings (SSSR count). The molecule has 0 saturated carbocycles. The normalized spacial score (nSPS) is 13.8. The van der Waals surface area contributed by atoms with Crippen LogP contribution >= 0.6 is 0 Å². The third-order valence-electron chi connectivity index (χ3n) is 4.16. The second-order valence-corrected chi connectivity index (χ2v) is 6.33. The van der Waals surface area contributed by atoms with E-state index in [2.05, 4.69) is 15.6 Å². The van der Waals surface area contributed by atoms with E-state index in [0.717, 1.165) is 10.8 Å². The van der Waals surface area contributed by atoms with E-state index in [1.165, 1.54) is 19.3 Å². The van der Waals surface area contributed by atoms with Gasteiger partial charge >= 0.3 is 6.18 Å². The topological polar surface area (TPSA) is 109 Å². The molecular weight excluding hydrogens is 381 g/mol. The molecular formula is C17H21F3N4O4. The Morgan fingerprint density at radius 2 is 1.96 bits per heavy atom. The van der Waals surface area contributed by atoms with E-state index in [-0.39, 0.29) is 5.56 Å². The fourth-order valence-corrected chi connectivity index (χ4v) is 2.70. The second-order valence-electron chi connectivity index (χ2n) is 6.33. The average molecular weight is 402 g/mol. The number of nitrogens with one attached hydrogen (secondary N) is 2. The van der Waals surface area contributed by atoms with Crippen molar-refractivity contribution in [2.75, 3.05) is 13.1 Å². The number of halogens is 3. The van der Waals surface area contributed by atoms with Crippen LogP contribution in [0.1, 0.15) is 34.1 Å². The van der Waals surface area contributed by atoms with Gasteiger partial charge in [0, 0.05) is 32.4 Å². The number of alkyl halides is 3. The Bertz CT molecular complexity index is 859. The molecule has 2 amide bonds. The van der Waals surface area contributed by atoms with E-state index >= 15 is 0 Å². The van der Waals surface area contributed by atoms with E-state index in [1.807, 2.05) is 0 Å². The minimum atomic E-state index is -4.98. The van der Waals surface area contributed by atoms with Crippen molar-refractivity contribution in [1.82, 2.24) is 20.2 Å². The van der Waals surface area contributed by atoms with Gasteiger partial charge in [-0.25, -0.2) is 4.98 Å². The van der Waals surface area contributed by atoms with Crippen molar-refractivity contribution in [3.05, 3.63) is 41.4 Å². The highest BCUT2D eigenvalue weighted by Gasteiger charge is 2.57. The molecule has 0 aliphatic rings. The maximum absolute atomic E-state index is 13.4. The first-order valence-corrected chi connectivity index (χ1v) is 8.34. The van der Waals surface area contributed by atoms with Gasteiger partial charge in [-0.15, -0.1) is 0 Å². The number of rotatable bonds is 7. The summed E-state index contributed by atoms with van der Waals surface area (Å²) >= 11 is 0. The minimum Gasteiger partial charge on any atom is -0.466 e. The molecule has 0 aliphatic carbocycles. The van der Waals surface area contributed by atoms with Crippen LogP contribution < -0.4 is 10.6 Å². The van der Waals surface area contributed by atoms with Gasteiger partial charge in [0.15, 0.2) is 0 Å². The van der Waals surface area contributed by atoms with Crippen molar-refractivity contribution in [1.29, 1.82) is 0 Å². The van der Waals surface area contributed by atoms with Crippen molar-refractivity contribution < 1.29 is 32.3 Å². The average Bonchev–Trinajstić information content (AvgIpc) is 3.16. The van der Waals surface area contributed by atoms with Crippen LogP contribution in [0.2, 0.25) is 0 Å². The molecule has 28 heavy (non-hydrogen) atoms. The van der Waals surface area contributed by atoms with Crippen LogP contribution in [0.25, 0.3) is 0 Å². The smallest absolute Gasteiger partial charge is 0.424 e. The third-order valence-corrected chi connectivity index (χ3v) is 4.16. The van der Waals surface area contributed by atoms with Gasteiger partial charge in [0.05, 0.1) is 12.1 Å². The highest BCUT2D eigenvalue weighted by molar-refractivity contribution is 5.97. The van der Waals surface area contributed by atoms with Gasteiger partial charge in [0.1, 0.15) is 17.3 Å². The van der Waals surface area contributed by atoms with E-state index in [4.69, 9.17) is 4.42 Å². The Labute approximate surface area is 158 Å². The van der Waals surface area contributed by atoms with E-state index in [0.29, 0.717) is 11.5 Å². The standard InChI is InChI=1S/C17H21F3N4O4/c1-10-8-12(11(2)28-10)14(26)23-9-13(25)21-5-4-16(27,17(18,19)20)15-22-6-7-24(15)3/h6-8,27H,4-5,9H2,1-3H3,(H,21,25)(H,23,26). The van der Waals surface area contributed by atoms with Crippen LogP contribution in [0.3, 0.4) is 0 Å². The summed E-state index contributed by atoms with van der Waals surface area (Å²) in [6.45, 7) is 2.36. The number of aromatic nitrogens is 2. The molecule has 0 radical (unpaired) electrons. The van der Waals surface area contributed by atoms with Crippen molar-refractivity contribution in [3.63, 3.8) is 0 Å². The summed E-state index contributed by atoms with van der Waals surface area (Å²) in [6.07, 6.45) is -3.40. The van der Waals surface area contributed by atoms with Crippen LogP contribution in [0.5, 0.6) is 0 Å². The predicted octanol–water partition coefficient (Wildman–Crippen LogP) is 1.32. The lowest BCUT2D eigenvalue weighted by Crippen LogP contribution is -2.47. The number of imidazole rings is 1. The number of aryl methyl sites for hydroxylation is 3. The molecule has 8 nitrogen and oxygen atoms in total. The van der Waals surface area contributed by atoms with Gasteiger partial charge in [-0.05, 0) is 19.9 Å². The maximum Gasteiger partial charge on any atom is 0.424 e. The number of nitrogens with zero attached hydrogens (tertiary/aromatic N) is 2. The molecule has 3 N–H and O–H groups in total. The van der Waals surface area contributed by atoms with E-state index in [1.54, 1.807) is 13.8 Å². The van der Waals surface area contributed by atoms with Crippen LogP contribution in [0.15, 0.2) is 22.9 Å². The SMILES string of the molecule is Cc1cc(C(=O)NCC(=O)NCCC(O)(c2nccn2C)C(F)(F)F)c(C)o1. The number of carbonyl (C=O) groups is 2. The van der Waals surface area contributed by atoms with E-state index in [9.17, 15) is 27.9 Å². The van der Waals surface area contributed by atoms with Gasteiger partial charge in [-0.1, -0.05) is 0 Å². The lowest BCUT2D eigenvalue weighted by atomic mass is 9.97. The minimum absolute atomic E-state index is 0.270. The van der Waals surface area contributed by atoms with Gasteiger partial charge in [0.25, 0.3) is 5.91 Å². The number of amides is 2. The molecule has 0 aliphatic heterocycles. The van der Waals surface area contributed by atoms with Crippen molar-refractivity contribution in [3.8, 4) is 0 Å². The molecule has 0 saturated heterocycles. The third kappa shape index (κ3) is 4.53. The lowest BCUT2D eigenvalue weighted by molar-refractivity contribution is -0.272. The van der Waals surface area contributed by atoms with Gasteiger partial charge in [0.2, 0.25) is 11.5 Å². The molecule has 154 valence electrons. The van der Waals surface area contributed by atoms with Crippen molar-refractivity contribution in [2.24, 2.45) is 7.05 Å². The molecule has 2 aromatic rings. The number of hydrogen-bond acceptors (Lipinski definition) is 5. The lowest BCUT2D eigenvalue weighted by Gasteiger charge is -2.29. The molecule has 0 fully saturated rings. The summed E-state index contributed by atoms with van der Waals surface area (Å²) in [4.78, 5) is 27.4. The molecule has 0 aromatic carbocycles. The highest BCUT2D eigenvalue weighted by Crippen LogP contribution is 2.40. The van der Waals surface area contributed by atoms with Crippen LogP contribution in [0.4, 0.5) is 13.2 Å². The summed E-state index contributed by atoms with van der Waals surface area (Å²) in [5.74, 6) is -0.887. The quantitative estimate of drug-likeness (QED) is 0.647. The largest absolute Gasteiger partial charge is 0.466 e. The zero-order chi connectivity index (χ0) is 21.1. The Morgan fingerprint density at radius 1 is 1.29 bits per heavy atom. The number of furan rings is 1. The molecule has 2 aromatic heterocycles. The molecule has 11 heteroatoms. The highest BCUT2D eigenvalue weighted by atomic mass is 19.4. The Morgan fingerprint density at radius 3 is 2.46 bits per heavy atom. The number of hydrogen-bond donors (Lipinski definition) is 3. The fourth-order valence-electron chi connectivity index (χ4n) is 2.70. The molecule has 2 heterocycles. The van der Waals surface area contributed by atoms with Crippen molar-refractivity contribution >= 4 is 11.8 Å². The summed E-state index contributed by atoms with van der Waals surface area (Å²) in [6, 6.07) is 1.51. The number of aliphatic hydroxyl groups is 1. The predicted molar refractivity (Wildman–Crippen MR) is 91.3 cm³/mol. The Balaban J connectivity index is 1.90. The van der Waals surface area contributed by atoms with Crippen LogP contribution in [-0.2, 0) is 17.4 Å². The first-order valence-electron chi connectivity index (χ1n) is 8.34. The Kier molecular flexibility index (Phi) is 6.17. The van der Waals surface area contributed by atoms with Gasteiger partial charge < -0.3 is 24.7 Å². The molecule has 1 unspecified atom stereocenters. The first kappa shape index (κ1) is 21.5. The molecule has 1 atom stereocenters. The zero-order valence-electron chi connectivity index (χ0n) is 15.6. The maximum atomic E-state index is 13.4. The van der Waals surface area contributed by atoms with Crippen LogP contribution in [0, 0.1) is 13.8 Å². The van der Waals surface area contributed by atoms with Gasteiger partial charge in [-0.3, -0.25) is 9.59 Å². The number of carbonyl (C=O) groups excluding carboxylic acids is 2. The van der Waals surface area contributed by atoms with Gasteiger partial charge in [-0.2, -0.15) is 13.2 Å². The second kappa shape index (κ2) is 8.05.